The van der Waals surface area contributed by atoms with Gasteiger partial charge in [0.2, 0.25) is 5.91 Å². The molecule has 0 saturated heterocycles. The van der Waals surface area contributed by atoms with Gasteiger partial charge in [0.05, 0.1) is 17.3 Å². The van der Waals surface area contributed by atoms with E-state index in [4.69, 9.17) is 10.8 Å². The van der Waals surface area contributed by atoms with Crippen molar-refractivity contribution in [3.05, 3.63) is 28.2 Å². The fourth-order valence-electron chi connectivity index (χ4n) is 1.48. The highest BCUT2D eigenvalue weighted by Gasteiger charge is 2.20. The van der Waals surface area contributed by atoms with Crippen molar-refractivity contribution >= 4 is 33.5 Å². The highest BCUT2D eigenvalue weighted by atomic mass is 79.9. The first-order valence-electron chi connectivity index (χ1n) is 5.96. The maximum atomic E-state index is 11.9. The number of carboxylic acids is 1. The molecule has 6 heteroatoms. The Balaban J connectivity index is 2.90. The Hall–Kier alpha value is -1.40. The molecule has 4 N–H and O–H groups in total. The molecule has 5 nitrogen and oxygen atoms in total. The van der Waals surface area contributed by atoms with Crippen LogP contribution >= 0.6 is 15.9 Å². The zero-order valence-electron chi connectivity index (χ0n) is 10.8. The zero-order valence-corrected chi connectivity index (χ0v) is 12.4. The lowest BCUT2D eigenvalue weighted by Crippen LogP contribution is -2.40. The molecule has 0 aliphatic carbocycles. The van der Waals surface area contributed by atoms with Crippen LogP contribution in [0.25, 0.3) is 0 Å². The van der Waals surface area contributed by atoms with E-state index < -0.39 is 12.0 Å². The standard InChI is InChI=1S/C13H17BrN2O3/c1-3-7(2)11(15)12(17)16-10-6-8(13(18)19)4-5-9(10)14/h4-7,11H,3,15H2,1-2H3,(H,16,17)(H,18,19). The molecule has 0 aliphatic heterocycles. The molecule has 0 aromatic heterocycles. The van der Waals surface area contributed by atoms with Crippen LogP contribution in [-0.2, 0) is 4.79 Å². The number of amides is 1. The second-order valence-corrected chi connectivity index (χ2v) is 5.25. The third-order valence-corrected chi connectivity index (χ3v) is 3.72. The van der Waals surface area contributed by atoms with Gasteiger partial charge >= 0.3 is 5.97 Å². The van der Waals surface area contributed by atoms with Crippen molar-refractivity contribution in [1.29, 1.82) is 0 Å². The number of carboxylic acid groups (broad SMARTS) is 1. The van der Waals surface area contributed by atoms with Crippen molar-refractivity contribution < 1.29 is 14.7 Å². The second-order valence-electron chi connectivity index (χ2n) is 4.40. The van der Waals surface area contributed by atoms with E-state index in [0.29, 0.717) is 10.2 Å². The van der Waals surface area contributed by atoms with E-state index in [-0.39, 0.29) is 17.4 Å². The average molecular weight is 329 g/mol. The molecule has 0 fully saturated rings. The fraction of sp³-hybridized carbons (Fsp3) is 0.385. The predicted octanol–water partition coefficient (Wildman–Crippen LogP) is 2.46. The third-order valence-electron chi connectivity index (χ3n) is 3.03. The summed E-state index contributed by atoms with van der Waals surface area (Å²) >= 11 is 3.26. The van der Waals surface area contributed by atoms with Crippen molar-refractivity contribution in [3.63, 3.8) is 0 Å². The van der Waals surface area contributed by atoms with Gasteiger partial charge in [0, 0.05) is 4.47 Å². The van der Waals surface area contributed by atoms with E-state index in [9.17, 15) is 9.59 Å². The monoisotopic (exact) mass is 328 g/mol. The molecule has 1 amide bonds. The van der Waals surface area contributed by atoms with Gasteiger partial charge in [-0.15, -0.1) is 0 Å². The SMILES string of the molecule is CCC(C)C(N)C(=O)Nc1cc(C(=O)O)ccc1Br. The number of carbonyl (C=O) groups is 2. The largest absolute Gasteiger partial charge is 0.478 e. The molecule has 0 heterocycles. The van der Waals surface area contributed by atoms with Gasteiger partial charge in [-0.1, -0.05) is 20.3 Å². The number of aromatic carboxylic acids is 1. The van der Waals surface area contributed by atoms with Gasteiger partial charge in [-0.2, -0.15) is 0 Å². The Morgan fingerprint density at radius 1 is 1.47 bits per heavy atom. The van der Waals surface area contributed by atoms with Crippen LogP contribution in [0.1, 0.15) is 30.6 Å². The molecule has 0 bridgehead atoms. The van der Waals surface area contributed by atoms with Gasteiger partial charge in [-0.05, 0) is 40.0 Å². The van der Waals surface area contributed by atoms with Gasteiger partial charge < -0.3 is 16.2 Å². The van der Waals surface area contributed by atoms with E-state index in [1.54, 1.807) is 6.07 Å². The normalized spacial score (nSPS) is 13.7. The molecule has 19 heavy (non-hydrogen) atoms. The minimum Gasteiger partial charge on any atom is -0.478 e. The van der Waals surface area contributed by atoms with Gasteiger partial charge in [-0.25, -0.2) is 4.79 Å². The van der Waals surface area contributed by atoms with Gasteiger partial charge in [0.1, 0.15) is 0 Å². The Labute approximate surface area is 120 Å². The number of halogens is 1. The molecular weight excluding hydrogens is 312 g/mol. The van der Waals surface area contributed by atoms with Crippen molar-refractivity contribution in [2.45, 2.75) is 26.3 Å². The maximum Gasteiger partial charge on any atom is 0.335 e. The van der Waals surface area contributed by atoms with Crippen LogP contribution < -0.4 is 11.1 Å². The molecule has 2 atom stereocenters. The van der Waals surface area contributed by atoms with Crippen LogP contribution in [0, 0.1) is 5.92 Å². The number of benzene rings is 1. The first kappa shape index (κ1) is 15.7. The lowest BCUT2D eigenvalue weighted by molar-refractivity contribution is -0.118. The molecule has 1 aromatic rings. The van der Waals surface area contributed by atoms with Crippen LogP contribution in [0.5, 0.6) is 0 Å². The molecule has 2 unspecified atom stereocenters. The number of anilines is 1. The lowest BCUT2D eigenvalue weighted by Gasteiger charge is -2.18. The van der Waals surface area contributed by atoms with Crippen molar-refractivity contribution in [2.75, 3.05) is 5.32 Å². The van der Waals surface area contributed by atoms with Crippen molar-refractivity contribution in [1.82, 2.24) is 0 Å². The fourth-order valence-corrected chi connectivity index (χ4v) is 1.83. The molecule has 104 valence electrons. The number of hydrogen-bond donors (Lipinski definition) is 3. The van der Waals surface area contributed by atoms with Gasteiger partial charge in [0.15, 0.2) is 0 Å². The van der Waals surface area contributed by atoms with Crippen molar-refractivity contribution in [3.8, 4) is 0 Å². The summed E-state index contributed by atoms with van der Waals surface area (Å²) in [5.74, 6) is -1.31. The summed E-state index contributed by atoms with van der Waals surface area (Å²) in [5, 5.41) is 11.6. The quantitative estimate of drug-likeness (QED) is 0.774. The minimum absolute atomic E-state index is 0.0569. The molecule has 0 saturated carbocycles. The van der Waals surface area contributed by atoms with Crippen molar-refractivity contribution in [2.24, 2.45) is 11.7 Å². The highest BCUT2D eigenvalue weighted by Crippen LogP contribution is 2.24. The first-order chi connectivity index (χ1) is 8.86. The molecule has 0 spiro atoms. The Morgan fingerprint density at radius 3 is 2.63 bits per heavy atom. The number of rotatable bonds is 5. The predicted molar refractivity (Wildman–Crippen MR) is 77.2 cm³/mol. The molecule has 1 aromatic carbocycles. The Bertz CT molecular complexity index is 491. The van der Waals surface area contributed by atoms with Gasteiger partial charge in [-0.3, -0.25) is 4.79 Å². The smallest absolute Gasteiger partial charge is 0.335 e. The summed E-state index contributed by atoms with van der Waals surface area (Å²) in [6.07, 6.45) is 0.797. The molecule has 0 aliphatic rings. The second kappa shape index (κ2) is 6.68. The summed E-state index contributed by atoms with van der Waals surface area (Å²) in [5.41, 5.74) is 6.34. The van der Waals surface area contributed by atoms with E-state index in [0.717, 1.165) is 6.42 Å². The summed E-state index contributed by atoms with van der Waals surface area (Å²) < 4.78 is 0.613. The van der Waals surface area contributed by atoms with Crippen LogP contribution in [0.15, 0.2) is 22.7 Å². The van der Waals surface area contributed by atoms with Crippen LogP contribution in [-0.4, -0.2) is 23.0 Å². The first-order valence-corrected chi connectivity index (χ1v) is 6.75. The number of nitrogens with two attached hydrogens (primary N) is 1. The maximum absolute atomic E-state index is 11.9. The minimum atomic E-state index is -1.05. The number of hydrogen-bond acceptors (Lipinski definition) is 3. The summed E-state index contributed by atoms with van der Waals surface area (Å²) in [6, 6.07) is 3.81. The van der Waals surface area contributed by atoms with E-state index >= 15 is 0 Å². The van der Waals surface area contributed by atoms with E-state index in [1.807, 2.05) is 13.8 Å². The molecule has 0 radical (unpaired) electrons. The zero-order chi connectivity index (χ0) is 14.6. The molecular formula is C13H17BrN2O3. The highest BCUT2D eigenvalue weighted by molar-refractivity contribution is 9.10. The van der Waals surface area contributed by atoms with E-state index in [2.05, 4.69) is 21.2 Å². The molecule has 1 rings (SSSR count). The Kier molecular flexibility index (Phi) is 5.50. The summed E-state index contributed by atoms with van der Waals surface area (Å²) in [4.78, 5) is 22.8. The van der Waals surface area contributed by atoms with Crippen LogP contribution in [0.3, 0.4) is 0 Å². The number of carbonyl (C=O) groups excluding carboxylic acids is 1. The topological polar surface area (TPSA) is 92.4 Å². The van der Waals surface area contributed by atoms with Gasteiger partial charge in [0.25, 0.3) is 0 Å². The average Bonchev–Trinajstić information content (AvgIpc) is 2.38. The van der Waals surface area contributed by atoms with Crippen LogP contribution in [0.2, 0.25) is 0 Å². The third kappa shape index (κ3) is 4.04. The van der Waals surface area contributed by atoms with E-state index in [1.165, 1.54) is 12.1 Å². The van der Waals surface area contributed by atoms with Crippen LogP contribution in [0.4, 0.5) is 5.69 Å². The lowest BCUT2D eigenvalue weighted by atomic mass is 9.99. The number of nitrogens with one attached hydrogen (secondary N) is 1. The summed E-state index contributed by atoms with van der Waals surface area (Å²) in [6.45, 7) is 3.85. The summed E-state index contributed by atoms with van der Waals surface area (Å²) in [7, 11) is 0. The Morgan fingerprint density at radius 2 is 2.11 bits per heavy atom.